The fourth-order valence-electron chi connectivity index (χ4n) is 4.18. The molecule has 1 N–H and O–H groups in total. The smallest absolute Gasteiger partial charge is 0.341 e. The number of carbonyl (C=O) groups is 2. The first-order valence-electron chi connectivity index (χ1n) is 8.06. The van der Waals surface area contributed by atoms with Gasteiger partial charge in [-0.25, -0.2) is 4.79 Å². The van der Waals surface area contributed by atoms with Gasteiger partial charge in [0.15, 0.2) is 0 Å². The van der Waals surface area contributed by atoms with E-state index >= 15 is 0 Å². The molecule has 0 spiro atoms. The summed E-state index contributed by atoms with van der Waals surface area (Å²) in [5.41, 5.74) is 1.53. The maximum Gasteiger partial charge on any atom is 0.341 e. The standard InChI is InChI=1S/C17H23NO3S/c1-4-12-9(2)22-16(14(12)17(20)21-3)18-15(19)13-8-10-5-6-11(13)7-10/h10-11,13H,4-8H2,1-3H3,(H,18,19). The van der Waals surface area contributed by atoms with Crippen molar-refractivity contribution in [3.63, 3.8) is 0 Å². The number of methoxy groups -OCH3 is 1. The summed E-state index contributed by atoms with van der Waals surface area (Å²) < 4.78 is 4.91. The van der Waals surface area contributed by atoms with Crippen molar-refractivity contribution in [1.82, 2.24) is 0 Å². The summed E-state index contributed by atoms with van der Waals surface area (Å²) in [6, 6.07) is 0. The fourth-order valence-corrected chi connectivity index (χ4v) is 5.32. The van der Waals surface area contributed by atoms with Crippen molar-refractivity contribution in [2.75, 3.05) is 12.4 Å². The van der Waals surface area contributed by atoms with Gasteiger partial charge in [-0.1, -0.05) is 13.3 Å². The minimum Gasteiger partial charge on any atom is -0.465 e. The second-order valence-corrected chi connectivity index (χ2v) is 7.68. The Bertz CT molecular complexity index is 607. The number of esters is 1. The van der Waals surface area contributed by atoms with E-state index in [0.717, 1.165) is 29.2 Å². The van der Waals surface area contributed by atoms with Gasteiger partial charge in [-0.15, -0.1) is 11.3 Å². The average molecular weight is 321 g/mol. The Hall–Kier alpha value is -1.36. The molecule has 3 atom stereocenters. The van der Waals surface area contributed by atoms with E-state index in [4.69, 9.17) is 4.74 Å². The summed E-state index contributed by atoms with van der Waals surface area (Å²) in [4.78, 5) is 25.8. The lowest BCUT2D eigenvalue weighted by atomic mass is 9.88. The van der Waals surface area contributed by atoms with Crippen molar-refractivity contribution in [2.45, 2.75) is 46.0 Å². The molecule has 0 saturated heterocycles. The normalized spacial score (nSPS) is 26.2. The van der Waals surface area contributed by atoms with Crippen LogP contribution in [-0.4, -0.2) is 19.0 Å². The zero-order valence-corrected chi connectivity index (χ0v) is 14.2. The highest BCUT2D eigenvalue weighted by Gasteiger charge is 2.43. The van der Waals surface area contributed by atoms with Crippen LogP contribution in [0.3, 0.4) is 0 Å². The third-order valence-corrected chi connectivity index (χ3v) is 6.33. The van der Waals surface area contributed by atoms with Crippen LogP contribution in [-0.2, 0) is 16.0 Å². The highest BCUT2D eigenvalue weighted by Crippen LogP contribution is 2.49. The third kappa shape index (κ3) is 2.56. The molecule has 0 aromatic carbocycles. The van der Waals surface area contributed by atoms with Crippen molar-refractivity contribution in [3.05, 3.63) is 16.0 Å². The van der Waals surface area contributed by atoms with Crippen LogP contribution in [0.15, 0.2) is 0 Å². The summed E-state index contributed by atoms with van der Waals surface area (Å²) in [5, 5.41) is 3.69. The van der Waals surface area contributed by atoms with E-state index in [2.05, 4.69) is 5.32 Å². The maximum atomic E-state index is 12.6. The second kappa shape index (κ2) is 6.03. The van der Waals surface area contributed by atoms with Gasteiger partial charge in [0.2, 0.25) is 5.91 Å². The number of rotatable bonds is 4. The molecule has 3 rings (SSSR count). The molecule has 2 aliphatic carbocycles. The number of nitrogens with one attached hydrogen (secondary N) is 1. The third-order valence-electron chi connectivity index (χ3n) is 5.26. The molecule has 120 valence electrons. The van der Waals surface area contributed by atoms with Gasteiger partial charge in [0.1, 0.15) is 5.00 Å². The van der Waals surface area contributed by atoms with Crippen molar-refractivity contribution < 1.29 is 14.3 Å². The van der Waals surface area contributed by atoms with E-state index in [1.807, 2.05) is 13.8 Å². The highest BCUT2D eigenvalue weighted by atomic mass is 32.1. The molecule has 1 heterocycles. The molecule has 4 nitrogen and oxygen atoms in total. The first kappa shape index (κ1) is 15.5. The molecule has 0 aliphatic heterocycles. The molecule has 2 aliphatic rings. The Morgan fingerprint density at radius 3 is 2.64 bits per heavy atom. The monoisotopic (exact) mass is 321 g/mol. The molecule has 1 aromatic rings. The maximum absolute atomic E-state index is 12.6. The van der Waals surface area contributed by atoms with Crippen molar-refractivity contribution in [1.29, 1.82) is 0 Å². The average Bonchev–Trinajstić information content (AvgIpc) is 3.20. The highest BCUT2D eigenvalue weighted by molar-refractivity contribution is 7.16. The first-order chi connectivity index (χ1) is 10.5. The minimum absolute atomic E-state index is 0.0845. The quantitative estimate of drug-likeness (QED) is 0.859. The van der Waals surface area contributed by atoms with E-state index < -0.39 is 0 Å². The molecule has 1 aromatic heterocycles. The van der Waals surface area contributed by atoms with Crippen LogP contribution in [0.2, 0.25) is 0 Å². The van der Waals surface area contributed by atoms with Gasteiger partial charge in [-0.3, -0.25) is 4.79 Å². The van der Waals surface area contributed by atoms with Gasteiger partial charge >= 0.3 is 5.97 Å². The Morgan fingerprint density at radius 1 is 1.32 bits per heavy atom. The number of thiophene rings is 1. The largest absolute Gasteiger partial charge is 0.465 e. The van der Waals surface area contributed by atoms with Crippen LogP contribution in [0.5, 0.6) is 0 Å². The van der Waals surface area contributed by atoms with E-state index in [1.54, 1.807) is 0 Å². The van der Waals surface area contributed by atoms with Gasteiger partial charge < -0.3 is 10.1 Å². The number of amides is 1. The Kier molecular flexibility index (Phi) is 4.26. The van der Waals surface area contributed by atoms with Gasteiger partial charge in [-0.2, -0.15) is 0 Å². The number of ether oxygens (including phenoxy) is 1. The summed E-state index contributed by atoms with van der Waals surface area (Å²) in [5.74, 6) is 1.12. The van der Waals surface area contributed by atoms with Crippen LogP contribution in [0, 0.1) is 24.7 Å². The number of fused-ring (bicyclic) bond motifs is 2. The topological polar surface area (TPSA) is 55.4 Å². The number of carbonyl (C=O) groups excluding carboxylic acids is 2. The predicted octanol–water partition coefficient (Wildman–Crippen LogP) is 3.78. The van der Waals surface area contributed by atoms with Gasteiger partial charge in [0.05, 0.1) is 12.7 Å². The molecule has 2 saturated carbocycles. The molecule has 22 heavy (non-hydrogen) atoms. The summed E-state index contributed by atoms with van der Waals surface area (Å²) in [7, 11) is 1.39. The molecular formula is C17H23NO3S. The van der Waals surface area contributed by atoms with Gasteiger partial charge in [0, 0.05) is 10.8 Å². The Balaban J connectivity index is 1.82. The fraction of sp³-hybridized carbons (Fsp3) is 0.647. The zero-order valence-electron chi connectivity index (χ0n) is 13.4. The molecule has 0 radical (unpaired) electrons. The van der Waals surface area contributed by atoms with E-state index in [9.17, 15) is 9.59 Å². The van der Waals surface area contributed by atoms with E-state index in [-0.39, 0.29) is 17.8 Å². The van der Waals surface area contributed by atoms with Crippen molar-refractivity contribution in [3.8, 4) is 0 Å². The zero-order chi connectivity index (χ0) is 15.9. The van der Waals surface area contributed by atoms with Gasteiger partial charge in [-0.05, 0) is 50.0 Å². The molecule has 2 fully saturated rings. The van der Waals surface area contributed by atoms with E-state index in [0.29, 0.717) is 16.5 Å². The van der Waals surface area contributed by atoms with Crippen LogP contribution < -0.4 is 5.32 Å². The molecule has 3 unspecified atom stereocenters. The minimum atomic E-state index is -0.357. The van der Waals surface area contributed by atoms with Gasteiger partial charge in [0.25, 0.3) is 0 Å². The lowest BCUT2D eigenvalue weighted by Crippen LogP contribution is -2.27. The summed E-state index contributed by atoms with van der Waals surface area (Å²) in [6.07, 6.45) is 5.42. The van der Waals surface area contributed by atoms with Crippen molar-refractivity contribution >= 4 is 28.2 Å². The summed E-state index contributed by atoms with van der Waals surface area (Å²) >= 11 is 1.48. The predicted molar refractivity (Wildman–Crippen MR) is 87.3 cm³/mol. The van der Waals surface area contributed by atoms with Crippen LogP contribution in [0.1, 0.15) is 53.4 Å². The lowest BCUT2D eigenvalue weighted by Gasteiger charge is -2.20. The van der Waals surface area contributed by atoms with Crippen molar-refractivity contribution in [2.24, 2.45) is 17.8 Å². The van der Waals surface area contributed by atoms with E-state index in [1.165, 1.54) is 37.7 Å². The second-order valence-electron chi connectivity index (χ2n) is 6.46. The SMILES string of the molecule is CCc1c(C)sc(NC(=O)C2CC3CCC2C3)c1C(=O)OC. The summed E-state index contributed by atoms with van der Waals surface area (Å²) in [6.45, 7) is 4.01. The molecule has 1 amide bonds. The van der Waals surface area contributed by atoms with Crippen LogP contribution in [0.25, 0.3) is 0 Å². The lowest BCUT2D eigenvalue weighted by molar-refractivity contribution is -0.121. The molecule has 5 heteroatoms. The van der Waals surface area contributed by atoms with Crippen LogP contribution >= 0.6 is 11.3 Å². The number of anilines is 1. The van der Waals surface area contributed by atoms with Crippen LogP contribution in [0.4, 0.5) is 5.00 Å². The number of aryl methyl sites for hydroxylation is 1. The molecule has 2 bridgehead atoms. The Morgan fingerprint density at radius 2 is 2.09 bits per heavy atom. The Labute approximate surface area is 135 Å². The number of hydrogen-bond donors (Lipinski definition) is 1. The first-order valence-corrected chi connectivity index (χ1v) is 8.88. The number of hydrogen-bond acceptors (Lipinski definition) is 4. The molecular weight excluding hydrogens is 298 g/mol.